The number of nitrogens with one attached hydrogen (secondary N) is 1. The van der Waals surface area contributed by atoms with Gasteiger partial charge in [0.2, 0.25) is 5.91 Å². The van der Waals surface area contributed by atoms with Crippen molar-refractivity contribution in [2.75, 3.05) is 13.2 Å². The number of ether oxygens (including phenoxy) is 1. The summed E-state index contributed by atoms with van der Waals surface area (Å²) in [5.74, 6) is -0.0191. The van der Waals surface area contributed by atoms with Gasteiger partial charge in [0.05, 0.1) is 11.0 Å². The number of hydrogen-bond acceptors (Lipinski definition) is 3. The third kappa shape index (κ3) is 7.27. The molecule has 15 heavy (non-hydrogen) atoms. The molecule has 1 atom stereocenters. The SMILES string of the molecule is CCOCCCC(=O)NC(CC)C(N)=S. The molecule has 0 bridgehead atoms. The molecule has 0 radical (unpaired) electrons. The molecule has 0 aliphatic heterocycles. The van der Waals surface area contributed by atoms with Gasteiger partial charge in [-0.15, -0.1) is 0 Å². The zero-order chi connectivity index (χ0) is 11.7. The topological polar surface area (TPSA) is 64.3 Å². The third-order valence-corrected chi connectivity index (χ3v) is 2.27. The van der Waals surface area contributed by atoms with Gasteiger partial charge in [-0.1, -0.05) is 19.1 Å². The predicted molar refractivity (Wildman–Crippen MR) is 64.7 cm³/mol. The Morgan fingerprint density at radius 1 is 1.53 bits per heavy atom. The van der Waals surface area contributed by atoms with E-state index in [-0.39, 0.29) is 11.9 Å². The fourth-order valence-electron chi connectivity index (χ4n) is 1.12. The minimum atomic E-state index is -0.181. The van der Waals surface area contributed by atoms with Gasteiger partial charge in [0.1, 0.15) is 0 Å². The summed E-state index contributed by atoms with van der Waals surface area (Å²) >= 11 is 4.83. The van der Waals surface area contributed by atoms with E-state index in [0.717, 1.165) is 12.8 Å². The van der Waals surface area contributed by atoms with E-state index in [2.05, 4.69) is 5.32 Å². The Balaban J connectivity index is 3.67. The van der Waals surface area contributed by atoms with Crippen molar-refractivity contribution in [3.05, 3.63) is 0 Å². The molecule has 0 heterocycles. The molecule has 0 aromatic carbocycles. The fourth-order valence-corrected chi connectivity index (χ4v) is 1.35. The second kappa shape index (κ2) is 8.61. The number of thiocarbonyl (C=S) groups is 1. The normalized spacial score (nSPS) is 12.1. The van der Waals surface area contributed by atoms with Crippen molar-refractivity contribution >= 4 is 23.1 Å². The second-order valence-corrected chi connectivity index (χ2v) is 3.70. The van der Waals surface area contributed by atoms with E-state index in [0.29, 0.717) is 24.6 Å². The van der Waals surface area contributed by atoms with Crippen molar-refractivity contribution in [2.45, 2.75) is 39.2 Å². The highest BCUT2D eigenvalue weighted by Crippen LogP contribution is 1.95. The number of nitrogens with two attached hydrogens (primary N) is 1. The number of amides is 1. The van der Waals surface area contributed by atoms with Crippen LogP contribution in [-0.2, 0) is 9.53 Å². The Morgan fingerprint density at radius 2 is 2.20 bits per heavy atom. The second-order valence-electron chi connectivity index (χ2n) is 3.23. The van der Waals surface area contributed by atoms with Gasteiger partial charge in [-0.05, 0) is 19.8 Å². The van der Waals surface area contributed by atoms with Gasteiger partial charge in [-0.2, -0.15) is 0 Å². The quantitative estimate of drug-likeness (QED) is 0.484. The molecule has 0 saturated heterocycles. The number of hydrogen-bond donors (Lipinski definition) is 2. The molecule has 0 spiro atoms. The molecule has 0 fully saturated rings. The minimum absolute atomic E-state index is 0.0191. The number of carbonyl (C=O) groups is 1. The van der Waals surface area contributed by atoms with E-state index >= 15 is 0 Å². The molecule has 0 aromatic rings. The van der Waals surface area contributed by atoms with E-state index in [1.165, 1.54) is 0 Å². The first kappa shape index (κ1) is 14.3. The van der Waals surface area contributed by atoms with Crippen LogP contribution in [0.3, 0.4) is 0 Å². The zero-order valence-electron chi connectivity index (χ0n) is 9.41. The smallest absolute Gasteiger partial charge is 0.220 e. The molecule has 1 amide bonds. The van der Waals surface area contributed by atoms with Gasteiger partial charge < -0.3 is 15.8 Å². The van der Waals surface area contributed by atoms with E-state index in [1.807, 2.05) is 13.8 Å². The first-order chi connectivity index (χ1) is 7.11. The molecule has 1 unspecified atom stereocenters. The van der Waals surface area contributed by atoms with Gasteiger partial charge in [0.15, 0.2) is 0 Å². The Bertz CT molecular complexity index is 210. The van der Waals surface area contributed by atoms with Crippen molar-refractivity contribution in [3.63, 3.8) is 0 Å². The maximum Gasteiger partial charge on any atom is 0.220 e. The molecule has 0 aromatic heterocycles. The van der Waals surface area contributed by atoms with Crippen molar-refractivity contribution < 1.29 is 9.53 Å². The Kier molecular flexibility index (Phi) is 8.22. The third-order valence-electron chi connectivity index (χ3n) is 1.98. The highest BCUT2D eigenvalue weighted by atomic mass is 32.1. The highest BCUT2D eigenvalue weighted by Gasteiger charge is 2.11. The van der Waals surface area contributed by atoms with Gasteiger partial charge in [0.25, 0.3) is 0 Å². The van der Waals surface area contributed by atoms with Crippen LogP contribution >= 0.6 is 12.2 Å². The van der Waals surface area contributed by atoms with E-state index in [9.17, 15) is 4.79 Å². The predicted octanol–water partition coefficient (Wildman–Crippen LogP) is 0.984. The zero-order valence-corrected chi connectivity index (χ0v) is 10.2. The van der Waals surface area contributed by atoms with Crippen molar-refractivity contribution in [3.8, 4) is 0 Å². The molecule has 0 saturated carbocycles. The molecule has 0 rings (SSSR count). The molecule has 88 valence electrons. The standard InChI is InChI=1S/C10H20N2O2S/c1-3-8(10(11)15)12-9(13)6-5-7-14-4-2/h8H,3-7H2,1-2H3,(H2,11,15)(H,12,13). The van der Waals surface area contributed by atoms with Gasteiger partial charge in [-0.25, -0.2) is 0 Å². The van der Waals surface area contributed by atoms with E-state index in [4.69, 9.17) is 22.7 Å². The van der Waals surface area contributed by atoms with Gasteiger partial charge >= 0.3 is 0 Å². The van der Waals surface area contributed by atoms with Crippen LogP contribution in [-0.4, -0.2) is 30.2 Å². The van der Waals surface area contributed by atoms with Crippen LogP contribution in [0.25, 0.3) is 0 Å². The maximum atomic E-state index is 11.4. The van der Waals surface area contributed by atoms with E-state index < -0.39 is 0 Å². The monoisotopic (exact) mass is 232 g/mol. The van der Waals surface area contributed by atoms with Crippen molar-refractivity contribution in [2.24, 2.45) is 5.73 Å². The molecule has 0 aliphatic rings. The first-order valence-corrected chi connectivity index (χ1v) is 5.69. The van der Waals surface area contributed by atoms with Crippen LogP contribution in [0.2, 0.25) is 0 Å². The summed E-state index contributed by atoms with van der Waals surface area (Å²) in [7, 11) is 0. The minimum Gasteiger partial charge on any atom is -0.392 e. The fraction of sp³-hybridized carbons (Fsp3) is 0.800. The molecule has 5 heteroatoms. The molecule has 3 N–H and O–H groups in total. The summed E-state index contributed by atoms with van der Waals surface area (Å²) in [6.45, 7) is 5.17. The van der Waals surface area contributed by atoms with Crippen LogP contribution in [0.1, 0.15) is 33.1 Å². The summed E-state index contributed by atoms with van der Waals surface area (Å²) in [6, 6.07) is -0.181. The summed E-state index contributed by atoms with van der Waals surface area (Å²) in [5.41, 5.74) is 5.46. The average Bonchev–Trinajstić information content (AvgIpc) is 2.20. The Morgan fingerprint density at radius 3 is 2.67 bits per heavy atom. The summed E-state index contributed by atoms with van der Waals surface area (Å²) in [4.78, 5) is 11.7. The molecule has 4 nitrogen and oxygen atoms in total. The van der Waals surface area contributed by atoms with Crippen LogP contribution in [0.4, 0.5) is 0 Å². The van der Waals surface area contributed by atoms with Gasteiger partial charge in [-0.3, -0.25) is 4.79 Å². The molecule has 0 aliphatic carbocycles. The summed E-state index contributed by atoms with van der Waals surface area (Å²) < 4.78 is 5.13. The lowest BCUT2D eigenvalue weighted by Gasteiger charge is -2.15. The lowest BCUT2D eigenvalue weighted by molar-refractivity contribution is -0.121. The van der Waals surface area contributed by atoms with E-state index in [1.54, 1.807) is 0 Å². The maximum absolute atomic E-state index is 11.4. The van der Waals surface area contributed by atoms with Crippen LogP contribution in [0.5, 0.6) is 0 Å². The highest BCUT2D eigenvalue weighted by molar-refractivity contribution is 7.80. The first-order valence-electron chi connectivity index (χ1n) is 5.28. The lowest BCUT2D eigenvalue weighted by atomic mass is 10.2. The summed E-state index contributed by atoms with van der Waals surface area (Å²) in [5, 5.41) is 2.78. The van der Waals surface area contributed by atoms with Crippen LogP contribution in [0, 0.1) is 0 Å². The van der Waals surface area contributed by atoms with Crippen LogP contribution in [0.15, 0.2) is 0 Å². The van der Waals surface area contributed by atoms with Crippen LogP contribution < -0.4 is 11.1 Å². The molecular formula is C10H20N2O2S. The average molecular weight is 232 g/mol. The number of rotatable bonds is 8. The Labute approximate surface area is 96.5 Å². The lowest BCUT2D eigenvalue weighted by Crippen LogP contribution is -2.42. The molecular weight excluding hydrogens is 212 g/mol. The van der Waals surface area contributed by atoms with Crippen molar-refractivity contribution in [1.29, 1.82) is 0 Å². The Hall–Kier alpha value is -0.680. The largest absolute Gasteiger partial charge is 0.392 e. The number of carbonyl (C=O) groups excluding carboxylic acids is 1. The van der Waals surface area contributed by atoms with Crippen molar-refractivity contribution in [1.82, 2.24) is 5.32 Å². The summed E-state index contributed by atoms with van der Waals surface area (Å²) in [6.07, 6.45) is 1.92. The van der Waals surface area contributed by atoms with Gasteiger partial charge in [0, 0.05) is 19.6 Å².